The molecule has 7 nitrogen and oxygen atoms in total. The number of unbranched alkanes of at least 4 members (excludes halogenated alkanes) is 1. The first-order chi connectivity index (χ1) is 8.79. The average molecular weight is 268 g/mol. The molecular weight excluding hydrogens is 252 g/mol. The fourth-order valence-electron chi connectivity index (χ4n) is 1.42. The molecule has 0 radical (unpaired) electrons. The maximum atomic E-state index is 11.8. The molecule has 0 aromatic carbocycles. The van der Waals surface area contributed by atoms with E-state index in [2.05, 4.69) is 24.9 Å². The molecular formula is C10H16N6OS. The van der Waals surface area contributed by atoms with E-state index in [9.17, 15) is 4.79 Å². The van der Waals surface area contributed by atoms with Crippen LogP contribution in [0.3, 0.4) is 0 Å². The Kier molecular flexibility index (Phi) is 6.75. The SMILES string of the molecule is CCCc1nnsc1C(=O)NCCCCN=[N+]=[N-]. The van der Waals surface area contributed by atoms with Gasteiger partial charge in [0.2, 0.25) is 0 Å². The van der Waals surface area contributed by atoms with Crippen LogP contribution in [0.15, 0.2) is 5.11 Å². The summed E-state index contributed by atoms with van der Waals surface area (Å²) in [4.78, 5) is 15.1. The molecule has 0 aliphatic rings. The third-order valence-corrected chi connectivity index (χ3v) is 3.05. The van der Waals surface area contributed by atoms with Crippen molar-refractivity contribution in [1.29, 1.82) is 0 Å². The van der Waals surface area contributed by atoms with Crippen molar-refractivity contribution < 1.29 is 4.79 Å². The van der Waals surface area contributed by atoms with Crippen LogP contribution in [-0.2, 0) is 6.42 Å². The van der Waals surface area contributed by atoms with Gasteiger partial charge in [0.25, 0.3) is 5.91 Å². The van der Waals surface area contributed by atoms with Crippen LogP contribution in [0, 0.1) is 0 Å². The van der Waals surface area contributed by atoms with Crippen molar-refractivity contribution in [1.82, 2.24) is 14.9 Å². The smallest absolute Gasteiger partial charge is 0.264 e. The quantitative estimate of drug-likeness (QED) is 0.338. The number of hydrogen-bond donors (Lipinski definition) is 1. The number of rotatable bonds is 8. The molecule has 8 heteroatoms. The average Bonchev–Trinajstić information content (AvgIpc) is 2.82. The zero-order chi connectivity index (χ0) is 13.2. The fraction of sp³-hybridized carbons (Fsp3) is 0.700. The molecule has 18 heavy (non-hydrogen) atoms. The Labute approximate surface area is 109 Å². The Bertz CT molecular complexity index is 426. The molecule has 0 saturated carbocycles. The Morgan fingerprint density at radius 2 is 2.39 bits per heavy atom. The lowest BCUT2D eigenvalue weighted by Crippen LogP contribution is -2.24. The van der Waals surface area contributed by atoms with Gasteiger partial charge in [-0.15, -0.1) is 5.10 Å². The maximum absolute atomic E-state index is 11.8. The summed E-state index contributed by atoms with van der Waals surface area (Å²) >= 11 is 1.13. The summed E-state index contributed by atoms with van der Waals surface area (Å²) < 4.78 is 3.81. The van der Waals surface area contributed by atoms with Gasteiger partial charge in [0.15, 0.2) is 0 Å². The van der Waals surface area contributed by atoms with E-state index in [1.165, 1.54) is 0 Å². The maximum Gasteiger partial charge on any atom is 0.264 e. The first kappa shape index (κ1) is 14.4. The number of carbonyl (C=O) groups excluding carboxylic acids is 1. The third kappa shape index (κ3) is 4.68. The molecule has 0 aliphatic heterocycles. The molecule has 1 rings (SSSR count). The van der Waals surface area contributed by atoms with E-state index < -0.39 is 0 Å². The van der Waals surface area contributed by atoms with Gasteiger partial charge in [0.1, 0.15) is 4.88 Å². The molecule has 98 valence electrons. The van der Waals surface area contributed by atoms with Gasteiger partial charge in [-0.25, -0.2) is 0 Å². The molecule has 0 unspecified atom stereocenters. The lowest BCUT2D eigenvalue weighted by atomic mass is 10.2. The number of amides is 1. The van der Waals surface area contributed by atoms with Crippen LogP contribution in [0.1, 0.15) is 41.6 Å². The molecule has 0 aliphatic carbocycles. The molecule has 0 spiro atoms. The zero-order valence-corrected chi connectivity index (χ0v) is 11.1. The second-order valence-corrected chi connectivity index (χ2v) is 4.47. The number of nitrogens with zero attached hydrogens (tertiary/aromatic N) is 5. The minimum atomic E-state index is -0.114. The monoisotopic (exact) mass is 268 g/mol. The number of carbonyl (C=O) groups is 1. The standard InChI is InChI=1S/C10H16N6OS/c1-2-5-8-9(18-16-14-8)10(17)12-6-3-4-7-13-15-11/h2-7H2,1H3,(H,12,17). The van der Waals surface area contributed by atoms with Crippen LogP contribution in [0.5, 0.6) is 0 Å². The zero-order valence-electron chi connectivity index (χ0n) is 10.3. The van der Waals surface area contributed by atoms with Crippen molar-refractivity contribution >= 4 is 17.4 Å². The predicted molar refractivity (Wildman–Crippen MR) is 69.5 cm³/mol. The molecule has 1 aromatic rings. The van der Waals surface area contributed by atoms with Gasteiger partial charge in [0, 0.05) is 18.0 Å². The predicted octanol–water partition coefficient (Wildman–Crippen LogP) is 2.31. The minimum absolute atomic E-state index is 0.114. The van der Waals surface area contributed by atoms with E-state index in [4.69, 9.17) is 5.53 Å². The highest BCUT2D eigenvalue weighted by Gasteiger charge is 2.14. The summed E-state index contributed by atoms with van der Waals surface area (Å²) in [6.45, 7) is 3.08. The third-order valence-electron chi connectivity index (χ3n) is 2.28. The lowest BCUT2D eigenvalue weighted by Gasteiger charge is -2.03. The number of aryl methyl sites for hydroxylation is 1. The van der Waals surface area contributed by atoms with E-state index >= 15 is 0 Å². The summed E-state index contributed by atoms with van der Waals surface area (Å²) in [7, 11) is 0. The van der Waals surface area contributed by atoms with Gasteiger partial charge in [-0.1, -0.05) is 22.9 Å². The number of nitrogens with one attached hydrogen (secondary N) is 1. The Morgan fingerprint density at radius 1 is 1.56 bits per heavy atom. The highest BCUT2D eigenvalue weighted by atomic mass is 32.1. The van der Waals surface area contributed by atoms with Crippen LogP contribution < -0.4 is 5.32 Å². The summed E-state index contributed by atoms with van der Waals surface area (Å²) in [6.07, 6.45) is 3.28. The fourth-order valence-corrected chi connectivity index (χ4v) is 2.04. The summed E-state index contributed by atoms with van der Waals surface area (Å²) in [5.41, 5.74) is 8.87. The van der Waals surface area contributed by atoms with E-state index in [0.29, 0.717) is 18.0 Å². The second-order valence-electron chi connectivity index (χ2n) is 3.72. The highest BCUT2D eigenvalue weighted by Crippen LogP contribution is 2.12. The van der Waals surface area contributed by atoms with E-state index in [0.717, 1.165) is 42.9 Å². The minimum Gasteiger partial charge on any atom is -0.351 e. The van der Waals surface area contributed by atoms with Crippen molar-refractivity contribution in [2.45, 2.75) is 32.6 Å². The molecule has 1 amide bonds. The largest absolute Gasteiger partial charge is 0.351 e. The van der Waals surface area contributed by atoms with Crippen LogP contribution in [0.4, 0.5) is 0 Å². The van der Waals surface area contributed by atoms with E-state index in [1.54, 1.807) is 0 Å². The molecule has 1 aromatic heterocycles. The van der Waals surface area contributed by atoms with Crippen LogP contribution in [0.2, 0.25) is 0 Å². The molecule has 0 bridgehead atoms. The Morgan fingerprint density at radius 3 is 3.11 bits per heavy atom. The summed E-state index contributed by atoms with van der Waals surface area (Å²) in [5.74, 6) is -0.114. The molecule has 0 atom stereocenters. The van der Waals surface area contributed by atoms with Crippen LogP contribution >= 0.6 is 11.5 Å². The van der Waals surface area contributed by atoms with Crippen molar-refractivity contribution in [3.63, 3.8) is 0 Å². The molecule has 0 saturated heterocycles. The van der Waals surface area contributed by atoms with Gasteiger partial charge in [0.05, 0.1) is 5.69 Å². The molecule has 0 fully saturated rings. The summed E-state index contributed by atoms with van der Waals surface area (Å²) in [6, 6.07) is 0. The van der Waals surface area contributed by atoms with Crippen molar-refractivity contribution in [2.75, 3.05) is 13.1 Å². The number of aromatic nitrogens is 2. The topological polar surface area (TPSA) is 104 Å². The van der Waals surface area contributed by atoms with Crippen molar-refractivity contribution in [2.24, 2.45) is 5.11 Å². The molecule has 1 N–H and O–H groups in total. The second kappa shape index (κ2) is 8.43. The first-order valence-corrected chi connectivity index (χ1v) is 6.67. The number of hydrogen-bond acceptors (Lipinski definition) is 5. The van der Waals surface area contributed by atoms with Crippen molar-refractivity contribution in [3.05, 3.63) is 21.0 Å². The summed E-state index contributed by atoms with van der Waals surface area (Å²) in [5, 5.41) is 10.2. The highest BCUT2D eigenvalue weighted by molar-refractivity contribution is 7.08. The van der Waals surface area contributed by atoms with Gasteiger partial charge in [-0.2, -0.15) is 0 Å². The van der Waals surface area contributed by atoms with Gasteiger partial charge in [-0.3, -0.25) is 4.79 Å². The molecule has 1 heterocycles. The van der Waals surface area contributed by atoms with Gasteiger partial charge >= 0.3 is 0 Å². The number of azide groups is 1. The lowest BCUT2D eigenvalue weighted by molar-refractivity contribution is 0.0956. The van der Waals surface area contributed by atoms with Crippen LogP contribution in [-0.4, -0.2) is 28.6 Å². The van der Waals surface area contributed by atoms with Crippen molar-refractivity contribution in [3.8, 4) is 0 Å². The van der Waals surface area contributed by atoms with Crippen LogP contribution in [0.25, 0.3) is 10.4 Å². The van der Waals surface area contributed by atoms with Gasteiger partial charge in [-0.05, 0) is 36.3 Å². The Hall–Kier alpha value is -1.66. The van der Waals surface area contributed by atoms with E-state index in [-0.39, 0.29) is 5.91 Å². The normalized spacial score (nSPS) is 9.83. The first-order valence-electron chi connectivity index (χ1n) is 5.89. The van der Waals surface area contributed by atoms with E-state index in [1.807, 2.05) is 6.92 Å². The Balaban J connectivity index is 2.31. The van der Waals surface area contributed by atoms with Gasteiger partial charge < -0.3 is 5.32 Å².